The molecule has 0 bridgehead atoms. The van der Waals surface area contributed by atoms with E-state index in [-0.39, 0.29) is 27.1 Å². The van der Waals surface area contributed by atoms with Crippen molar-refractivity contribution >= 4 is 25.4 Å². The van der Waals surface area contributed by atoms with Crippen molar-refractivity contribution in [3.05, 3.63) is 52.1 Å². The number of hydrogen-bond acceptors (Lipinski definition) is 3. The molecule has 0 N–H and O–H groups in total. The summed E-state index contributed by atoms with van der Waals surface area (Å²) in [5, 5.41) is 0. The van der Waals surface area contributed by atoms with E-state index in [0.717, 1.165) is 4.46 Å². The molecule has 0 spiro atoms. The van der Waals surface area contributed by atoms with Crippen LogP contribution in [0.2, 0.25) is 0 Å². The van der Waals surface area contributed by atoms with Crippen molar-refractivity contribution < 1.29 is 18.7 Å². The predicted molar refractivity (Wildman–Crippen MR) is 75.0 cm³/mol. The first-order valence-electron chi connectivity index (χ1n) is 6.28. The van der Waals surface area contributed by atoms with Crippen LogP contribution in [-0.2, 0) is 14.3 Å². The van der Waals surface area contributed by atoms with Gasteiger partial charge in [0, 0.05) is 0 Å². The predicted octanol–water partition coefficient (Wildman–Crippen LogP) is 2.41. The zero-order valence-electron chi connectivity index (χ0n) is 11.3. The van der Waals surface area contributed by atoms with Crippen LogP contribution in [0.4, 0.5) is 4.39 Å². The van der Waals surface area contributed by atoms with E-state index >= 15 is 0 Å². The molecule has 1 aliphatic heterocycles. The van der Waals surface area contributed by atoms with Crippen LogP contribution in [0.1, 0.15) is 20.3 Å². The molecule has 0 amide bonds. The van der Waals surface area contributed by atoms with Crippen LogP contribution in [0.15, 0.2) is 52.1 Å². The molecule has 1 aliphatic rings. The van der Waals surface area contributed by atoms with Crippen molar-refractivity contribution in [2.45, 2.75) is 20.3 Å². The third-order valence-corrected chi connectivity index (χ3v) is 4.95. The molecule has 0 aromatic heterocycles. The molecular weight excluding hydrogens is 326 g/mol. The van der Waals surface area contributed by atoms with Gasteiger partial charge in [0.05, 0.1) is 0 Å². The van der Waals surface area contributed by atoms with Gasteiger partial charge in [0.25, 0.3) is 0 Å². The van der Waals surface area contributed by atoms with Gasteiger partial charge in [-0.2, -0.15) is 0 Å². The topological polar surface area (TPSA) is 35.5 Å². The zero-order chi connectivity index (χ0) is 14.5. The van der Waals surface area contributed by atoms with E-state index in [1.165, 1.54) is 0 Å². The number of benzene rings is 1. The van der Waals surface area contributed by atoms with E-state index in [1.54, 1.807) is 13.8 Å². The molecule has 0 aliphatic carbocycles. The maximum atomic E-state index is 13.9. The quantitative estimate of drug-likeness (QED) is 0.623. The summed E-state index contributed by atoms with van der Waals surface area (Å²) in [4.78, 5) is 11.8. The molecule has 0 unspecified atom stereocenters. The molecule has 0 saturated carbocycles. The second-order valence-electron chi connectivity index (χ2n) is 4.15. The third kappa shape index (κ3) is 3.50. The SMILES string of the molecule is CCOC(=O)C1=C(C)OC(F)=C([Se]c2ccccc2)C1. The van der Waals surface area contributed by atoms with Gasteiger partial charge in [-0.1, -0.05) is 0 Å². The number of hydrogen-bond donors (Lipinski definition) is 0. The van der Waals surface area contributed by atoms with Gasteiger partial charge in [0.1, 0.15) is 0 Å². The van der Waals surface area contributed by atoms with E-state index < -0.39 is 12.0 Å². The summed E-state index contributed by atoms with van der Waals surface area (Å²) in [6.45, 7) is 3.61. The number of carbonyl (C=O) groups excluding carboxylic acids is 1. The van der Waals surface area contributed by atoms with Crippen molar-refractivity contribution in [3.8, 4) is 0 Å². The maximum absolute atomic E-state index is 13.9. The summed E-state index contributed by atoms with van der Waals surface area (Å²) in [6.07, 6.45) is 0.255. The van der Waals surface area contributed by atoms with E-state index in [4.69, 9.17) is 9.47 Å². The monoisotopic (exact) mass is 342 g/mol. The summed E-state index contributed by atoms with van der Waals surface area (Å²) in [5.74, 6) is -0.146. The standard InChI is InChI=1S/C15H15FO3Se/c1-3-18-15(17)12-9-13(14(16)19-10(12)2)20-11-7-5-4-6-8-11/h4-8H,3,9H2,1-2H3. The normalized spacial score (nSPS) is 15.2. The summed E-state index contributed by atoms with van der Waals surface area (Å²) in [7, 11) is 0. The number of ether oxygens (including phenoxy) is 2. The van der Waals surface area contributed by atoms with Crippen molar-refractivity contribution in [1.29, 1.82) is 0 Å². The van der Waals surface area contributed by atoms with Crippen LogP contribution < -0.4 is 4.46 Å². The van der Waals surface area contributed by atoms with Crippen molar-refractivity contribution in [2.24, 2.45) is 0 Å². The van der Waals surface area contributed by atoms with Crippen LogP contribution in [0, 0.1) is 0 Å². The Balaban J connectivity index is 2.15. The second-order valence-corrected chi connectivity index (χ2v) is 6.60. The van der Waals surface area contributed by atoms with E-state index in [2.05, 4.69) is 0 Å². The summed E-state index contributed by atoms with van der Waals surface area (Å²) in [5.41, 5.74) is 0.404. The Morgan fingerprint density at radius 3 is 2.75 bits per heavy atom. The Morgan fingerprint density at radius 2 is 2.10 bits per heavy atom. The Labute approximate surface area is 123 Å². The zero-order valence-corrected chi connectivity index (χ0v) is 13.0. The fourth-order valence-electron chi connectivity index (χ4n) is 1.75. The van der Waals surface area contributed by atoms with Gasteiger partial charge >= 0.3 is 123 Å². The third-order valence-electron chi connectivity index (χ3n) is 2.73. The van der Waals surface area contributed by atoms with Crippen LogP contribution in [0.25, 0.3) is 0 Å². The van der Waals surface area contributed by atoms with Gasteiger partial charge in [-0.25, -0.2) is 0 Å². The number of rotatable bonds is 4. The van der Waals surface area contributed by atoms with E-state index in [9.17, 15) is 9.18 Å². The molecule has 1 heterocycles. The minimum atomic E-state index is -0.584. The first-order chi connectivity index (χ1) is 9.61. The minimum absolute atomic E-state index is 0.205. The van der Waals surface area contributed by atoms with Crippen LogP contribution >= 0.6 is 0 Å². The molecule has 0 saturated heterocycles. The second kappa shape index (κ2) is 6.73. The summed E-state index contributed by atoms with van der Waals surface area (Å²) >= 11 is -0.205. The number of halogens is 1. The van der Waals surface area contributed by atoms with E-state index in [0.29, 0.717) is 16.7 Å². The molecule has 0 radical (unpaired) electrons. The Bertz CT molecular complexity index is 564. The molecule has 5 heteroatoms. The van der Waals surface area contributed by atoms with Gasteiger partial charge in [-0.05, 0) is 0 Å². The molecule has 1 aromatic carbocycles. The molecule has 2 rings (SSSR count). The van der Waals surface area contributed by atoms with Crippen molar-refractivity contribution in [2.75, 3.05) is 6.61 Å². The number of carbonyl (C=O) groups is 1. The fraction of sp³-hybridized carbons (Fsp3) is 0.267. The van der Waals surface area contributed by atoms with Crippen molar-refractivity contribution in [1.82, 2.24) is 0 Å². The average Bonchev–Trinajstić information content (AvgIpc) is 2.43. The Kier molecular flexibility index (Phi) is 4.99. The van der Waals surface area contributed by atoms with Crippen molar-refractivity contribution in [3.63, 3.8) is 0 Å². The summed E-state index contributed by atoms with van der Waals surface area (Å²) in [6, 6.07) is 9.03. The molecule has 0 fully saturated rings. The number of esters is 1. The average molecular weight is 341 g/mol. The van der Waals surface area contributed by atoms with Gasteiger partial charge in [-0.15, -0.1) is 0 Å². The van der Waals surface area contributed by atoms with Gasteiger partial charge in [0.2, 0.25) is 0 Å². The molecule has 106 valence electrons. The molecule has 3 nitrogen and oxygen atoms in total. The van der Waals surface area contributed by atoms with Crippen LogP contribution in [0.3, 0.4) is 0 Å². The van der Waals surface area contributed by atoms with Crippen LogP contribution in [-0.4, -0.2) is 27.5 Å². The molecule has 0 atom stereocenters. The van der Waals surface area contributed by atoms with Gasteiger partial charge in [-0.3, -0.25) is 0 Å². The Morgan fingerprint density at radius 1 is 1.40 bits per heavy atom. The molecule has 20 heavy (non-hydrogen) atoms. The first-order valence-corrected chi connectivity index (χ1v) is 7.99. The Hall–Kier alpha value is -1.58. The number of allylic oxidation sites excluding steroid dienone is 2. The fourth-order valence-corrected chi connectivity index (χ4v) is 3.67. The molecule has 1 aromatic rings. The van der Waals surface area contributed by atoms with Crippen LogP contribution in [0.5, 0.6) is 0 Å². The van der Waals surface area contributed by atoms with Gasteiger partial charge in [0.15, 0.2) is 0 Å². The molecular formula is C15H15FO3Se. The van der Waals surface area contributed by atoms with E-state index in [1.807, 2.05) is 30.3 Å². The van der Waals surface area contributed by atoms with Gasteiger partial charge < -0.3 is 0 Å². The first kappa shape index (κ1) is 14.8. The summed E-state index contributed by atoms with van der Waals surface area (Å²) < 4.78 is 25.5.